The van der Waals surface area contributed by atoms with Crippen LogP contribution in [0.15, 0.2) is 60.7 Å². The number of para-hydroxylation sites is 1. The molecule has 1 aliphatic carbocycles. The van der Waals surface area contributed by atoms with Gasteiger partial charge in [0.05, 0.1) is 24.2 Å². The summed E-state index contributed by atoms with van der Waals surface area (Å²) < 4.78 is 17.3. The van der Waals surface area contributed by atoms with Crippen LogP contribution < -0.4 is 4.74 Å². The highest BCUT2D eigenvalue weighted by Crippen LogP contribution is 2.35. The number of fused-ring (bicyclic) bond motifs is 2. The molecule has 3 aromatic rings. The largest absolute Gasteiger partial charge is 0.507 e. The number of hydrogen-bond donors (Lipinski definition) is 3. The lowest BCUT2D eigenvalue weighted by Crippen LogP contribution is -2.34. The van der Waals surface area contributed by atoms with Crippen molar-refractivity contribution in [1.82, 2.24) is 9.97 Å². The molecule has 2 saturated heterocycles. The van der Waals surface area contributed by atoms with Gasteiger partial charge in [-0.3, -0.25) is 0 Å². The first-order valence-electron chi connectivity index (χ1n) is 10.9. The third-order valence-electron chi connectivity index (χ3n) is 6.47. The first kappa shape index (κ1) is 19.5. The van der Waals surface area contributed by atoms with Gasteiger partial charge in [-0.15, -0.1) is 0 Å². The van der Waals surface area contributed by atoms with E-state index in [2.05, 4.69) is 40.3 Å². The van der Waals surface area contributed by atoms with Gasteiger partial charge in [-0.25, -0.2) is 0 Å². The van der Waals surface area contributed by atoms with Crippen molar-refractivity contribution >= 4 is 16.6 Å². The van der Waals surface area contributed by atoms with Crippen molar-refractivity contribution in [2.45, 2.75) is 36.8 Å². The quantitative estimate of drug-likeness (QED) is 0.585. The number of nitrogens with zero attached hydrogens (tertiary/aromatic N) is 1. The summed E-state index contributed by atoms with van der Waals surface area (Å²) in [6.07, 6.45) is 5.77. The van der Waals surface area contributed by atoms with Crippen molar-refractivity contribution < 1.29 is 24.4 Å². The first-order chi connectivity index (χ1) is 15.7. The molecule has 2 fully saturated rings. The van der Waals surface area contributed by atoms with Gasteiger partial charge in [0, 0.05) is 11.5 Å². The third-order valence-corrected chi connectivity index (χ3v) is 6.47. The Balaban J connectivity index is 1.18. The smallest absolute Gasteiger partial charge is 0.295 e. The molecule has 7 heteroatoms. The Bertz CT molecular complexity index is 1220. The summed E-state index contributed by atoms with van der Waals surface area (Å²) in [5.41, 5.74) is 4.81. The Labute approximate surface area is 185 Å². The van der Waals surface area contributed by atoms with Gasteiger partial charge >= 0.3 is 0 Å². The summed E-state index contributed by atoms with van der Waals surface area (Å²) >= 11 is 0. The number of aliphatic hydroxyl groups excluding tert-OH is 1. The van der Waals surface area contributed by atoms with Crippen LogP contribution in [-0.4, -0.2) is 57.8 Å². The monoisotopic (exact) mass is 432 g/mol. The number of aliphatic hydroxyl groups is 1. The van der Waals surface area contributed by atoms with Crippen LogP contribution in [0, 0.1) is 0 Å². The van der Waals surface area contributed by atoms with E-state index in [1.807, 2.05) is 24.3 Å². The number of imidazole rings is 1. The van der Waals surface area contributed by atoms with E-state index in [1.165, 1.54) is 5.56 Å². The van der Waals surface area contributed by atoms with Crippen LogP contribution in [0.5, 0.6) is 11.8 Å². The third kappa shape index (κ3) is 3.39. The van der Waals surface area contributed by atoms with Gasteiger partial charge in [-0.1, -0.05) is 42.5 Å². The molecule has 0 amide bonds. The van der Waals surface area contributed by atoms with Gasteiger partial charge in [-0.05, 0) is 35.8 Å². The van der Waals surface area contributed by atoms with E-state index in [0.717, 1.165) is 28.6 Å². The molecule has 5 atom stereocenters. The molecule has 0 saturated carbocycles. The van der Waals surface area contributed by atoms with Crippen LogP contribution in [0.3, 0.4) is 0 Å². The average molecular weight is 432 g/mol. The van der Waals surface area contributed by atoms with Crippen molar-refractivity contribution in [3.05, 3.63) is 71.8 Å². The lowest BCUT2D eigenvalue weighted by Gasteiger charge is -2.17. The van der Waals surface area contributed by atoms with Crippen LogP contribution in [0.2, 0.25) is 0 Å². The minimum Gasteiger partial charge on any atom is -0.507 e. The fourth-order valence-electron chi connectivity index (χ4n) is 4.76. The van der Waals surface area contributed by atoms with Crippen molar-refractivity contribution in [3.8, 4) is 11.8 Å². The highest BCUT2D eigenvalue weighted by atomic mass is 16.6. The molecule has 3 N–H and O–H groups in total. The molecular weight excluding hydrogens is 408 g/mol. The van der Waals surface area contributed by atoms with Gasteiger partial charge in [0.2, 0.25) is 0 Å². The van der Waals surface area contributed by atoms with Crippen molar-refractivity contribution in [1.29, 1.82) is 0 Å². The Morgan fingerprint density at radius 2 is 1.94 bits per heavy atom. The van der Waals surface area contributed by atoms with Gasteiger partial charge in [0.25, 0.3) is 6.01 Å². The van der Waals surface area contributed by atoms with Crippen LogP contribution in [0.25, 0.3) is 16.6 Å². The summed E-state index contributed by atoms with van der Waals surface area (Å²) in [4.78, 5) is 7.80. The summed E-state index contributed by atoms with van der Waals surface area (Å²) in [5, 5.41) is 20.0. The Morgan fingerprint density at radius 3 is 2.78 bits per heavy atom. The topological polar surface area (TPSA) is 96.8 Å². The number of ether oxygens (including phenoxy) is 3. The molecule has 3 heterocycles. The maximum Gasteiger partial charge on any atom is 0.295 e. The second-order valence-corrected chi connectivity index (χ2v) is 8.52. The number of H-pyrrole nitrogens is 1. The minimum absolute atomic E-state index is 0.249. The molecular formula is C25H24N2O5. The number of nitrogens with one attached hydrogen (secondary N) is 1. The molecule has 164 valence electrons. The second kappa shape index (κ2) is 7.78. The molecule has 0 spiro atoms. The lowest BCUT2D eigenvalue weighted by molar-refractivity contribution is 0.00706. The van der Waals surface area contributed by atoms with Crippen molar-refractivity contribution in [3.63, 3.8) is 0 Å². The number of rotatable bonds is 4. The fourth-order valence-corrected chi connectivity index (χ4v) is 4.76. The Kier molecular flexibility index (Phi) is 4.75. The summed E-state index contributed by atoms with van der Waals surface area (Å²) in [5.74, 6) is 0.545. The molecule has 32 heavy (non-hydrogen) atoms. The molecule has 2 aromatic carbocycles. The second-order valence-electron chi connectivity index (χ2n) is 8.52. The van der Waals surface area contributed by atoms with Crippen molar-refractivity contribution in [2.24, 2.45) is 0 Å². The number of phenolic OH excluding ortho intramolecular Hbond substituents is 1. The van der Waals surface area contributed by atoms with E-state index in [4.69, 9.17) is 14.2 Å². The fraction of sp³-hybridized carbons (Fsp3) is 0.320. The van der Waals surface area contributed by atoms with Gasteiger partial charge in [0.15, 0.2) is 6.10 Å². The maximum absolute atomic E-state index is 10.1. The van der Waals surface area contributed by atoms with Crippen LogP contribution in [0.1, 0.15) is 23.5 Å². The molecule has 7 nitrogen and oxygen atoms in total. The molecule has 0 radical (unpaired) electrons. The van der Waals surface area contributed by atoms with E-state index >= 15 is 0 Å². The molecule has 6 rings (SSSR count). The zero-order valence-corrected chi connectivity index (χ0v) is 17.3. The summed E-state index contributed by atoms with van der Waals surface area (Å²) in [6, 6.07) is 14.0. The van der Waals surface area contributed by atoms with Gasteiger partial charge in [0.1, 0.15) is 24.1 Å². The number of aromatic amines is 1. The van der Waals surface area contributed by atoms with E-state index in [-0.39, 0.29) is 30.8 Å². The Morgan fingerprint density at radius 1 is 1.06 bits per heavy atom. The van der Waals surface area contributed by atoms with Crippen LogP contribution in [-0.2, 0) is 9.47 Å². The predicted octanol–water partition coefficient (Wildman–Crippen LogP) is 3.30. The number of aromatic nitrogens is 2. The standard InChI is InChI=1S/C25H24N2O5/c28-20-4-2-1-3-17(20)15-7-5-14(6-8-15)16-9-10-18-19(11-16)27-25(26-18)32-22-13-31-23-21(29)12-30-24(22)23/h1-5,7-11,14,21-24,28-29H,6,12-13H2,(H,26,27)/t14?,21-,22?,23?,24?/m1/s1. The van der Waals surface area contributed by atoms with Crippen LogP contribution >= 0.6 is 0 Å². The van der Waals surface area contributed by atoms with E-state index in [0.29, 0.717) is 18.4 Å². The van der Waals surface area contributed by atoms with E-state index < -0.39 is 6.10 Å². The number of phenols is 1. The number of aromatic hydroxyl groups is 1. The van der Waals surface area contributed by atoms with E-state index in [9.17, 15) is 10.2 Å². The molecule has 1 aromatic heterocycles. The normalized spacial score (nSPS) is 29.3. The predicted molar refractivity (Wildman–Crippen MR) is 119 cm³/mol. The van der Waals surface area contributed by atoms with Gasteiger partial charge in [-0.2, -0.15) is 4.98 Å². The molecule has 0 bridgehead atoms. The maximum atomic E-state index is 10.1. The summed E-state index contributed by atoms with van der Waals surface area (Å²) in [7, 11) is 0. The highest BCUT2D eigenvalue weighted by Gasteiger charge is 2.48. The molecule has 4 unspecified atom stereocenters. The molecule has 2 aliphatic heterocycles. The van der Waals surface area contributed by atoms with Crippen LogP contribution in [0.4, 0.5) is 0 Å². The minimum atomic E-state index is -0.601. The van der Waals surface area contributed by atoms with Gasteiger partial charge < -0.3 is 29.4 Å². The zero-order chi connectivity index (χ0) is 21.7. The average Bonchev–Trinajstić information content (AvgIpc) is 3.51. The highest BCUT2D eigenvalue weighted by molar-refractivity contribution is 5.79. The lowest BCUT2D eigenvalue weighted by atomic mass is 9.88. The number of hydrogen-bond acceptors (Lipinski definition) is 6. The number of allylic oxidation sites excluding steroid dienone is 4. The van der Waals surface area contributed by atoms with E-state index in [1.54, 1.807) is 6.07 Å². The number of benzene rings is 2. The zero-order valence-electron chi connectivity index (χ0n) is 17.3. The first-order valence-corrected chi connectivity index (χ1v) is 10.9. The molecule has 3 aliphatic rings. The van der Waals surface area contributed by atoms with Crippen molar-refractivity contribution in [2.75, 3.05) is 13.2 Å². The SMILES string of the molecule is Oc1ccccc1C1=CCC(c2ccc3nc(OC4COC5C4OC[C@H]5O)[nH]c3c2)C=C1. The Hall–Kier alpha value is -3.13. The summed E-state index contributed by atoms with van der Waals surface area (Å²) in [6.45, 7) is 0.640.